The summed E-state index contributed by atoms with van der Waals surface area (Å²) < 4.78 is 16.1. The number of amides is 1. The number of benzene rings is 2. The first-order valence-corrected chi connectivity index (χ1v) is 9.68. The number of nitrogens with zero attached hydrogens (tertiary/aromatic N) is 2. The molecule has 0 fully saturated rings. The van der Waals surface area contributed by atoms with Crippen LogP contribution in [0.4, 0.5) is 5.69 Å². The van der Waals surface area contributed by atoms with Gasteiger partial charge in [-0.3, -0.25) is 4.79 Å². The van der Waals surface area contributed by atoms with Crippen LogP contribution in [0.25, 0.3) is 11.5 Å². The summed E-state index contributed by atoms with van der Waals surface area (Å²) in [6, 6.07) is 10.2. The Morgan fingerprint density at radius 3 is 2.75 bits per heavy atom. The highest BCUT2D eigenvalue weighted by Crippen LogP contribution is 2.34. The minimum Gasteiger partial charge on any atom is -0.497 e. The van der Waals surface area contributed by atoms with Gasteiger partial charge >= 0.3 is 0 Å². The van der Waals surface area contributed by atoms with Gasteiger partial charge in [0.2, 0.25) is 5.91 Å². The molecule has 7 nitrogen and oxygen atoms in total. The van der Waals surface area contributed by atoms with Gasteiger partial charge in [0.15, 0.2) is 0 Å². The minimum absolute atomic E-state index is 0.0597. The average Bonchev–Trinajstić information content (AvgIpc) is 3.18. The van der Waals surface area contributed by atoms with E-state index in [4.69, 9.17) is 37.1 Å². The molecule has 1 amide bonds. The maximum Gasteiger partial charge on any atom is 0.277 e. The molecule has 2 aromatic carbocycles. The van der Waals surface area contributed by atoms with Crippen molar-refractivity contribution in [1.82, 2.24) is 10.2 Å². The maximum atomic E-state index is 12.1. The summed E-state index contributed by atoms with van der Waals surface area (Å²) in [4.78, 5) is 12.1. The summed E-state index contributed by atoms with van der Waals surface area (Å²) in [5.74, 6) is 1.24. The van der Waals surface area contributed by atoms with Crippen LogP contribution in [0.1, 0.15) is 0 Å². The van der Waals surface area contributed by atoms with Crippen molar-refractivity contribution in [2.45, 2.75) is 5.22 Å². The second-order valence-corrected chi connectivity index (χ2v) is 7.09. The monoisotopic (exact) mass is 439 g/mol. The molecule has 146 valence electrons. The van der Waals surface area contributed by atoms with E-state index in [1.54, 1.807) is 43.5 Å². The van der Waals surface area contributed by atoms with Gasteiger partial charge in [0, 0.05) is 6.07 Å². The molecule has 0 aliphatic heterocycles. The van der Waals surface area contributed by atoms with Crippen molar-refractivity contribution >= 4 is 46.6 Å². The highest BCUT2D eigenvalue weighted by Gasteiger charge is 2.16. The van der Waals surface area contributed by atoms with Crippen LogP contribution in [-0.2, 0) is 4.79 Å². The number of thioether (sulfide) groups is 1. The lowest BCUT2D eigenvalue weighted by Gasteiger charge is -2.07. The zero-order chi connectivity index (χ0) is 20.1. The predicted octanol–water partition coefficient (Wildman–Crippen LogP) is 4.79. The highest BCUT2D eigenvalue weighted by molar-refractivity contribution is 7.99. The number of hydrogen-bond donors (Lipinski definition) is 1. The van der Waals surface area contributed by atoms with Gasteiger partial charge in [-0.15, -0.1) is 10.2 Å². The fraction of sp³-hybridized carbons (Fsp3) is 0.167. The first-order valence-electron chi connectivity index (χ1n) is 7.94. The van der Waals surface area contributed by atoms with E-state index >= 15 is 0 Å². The molecule has 1 heterocycles. The highest BCUT2D eigenvalue weighted by atomic mass is 35.5. The molecule has 3 aromatic rings. The number of methoxy groups -OCH3 is 2. The van der Waals surface area contributed by atoms with Crippen molar-refractivity contribution < 1.29 is 18.7 Å². The fourth-order valence-corrected chi connectivity index (χ4v) is 3.18. The lowest BCUT2D eigenvalue weighted by molar-refractivity contribution is -0.113. The number of carbonyl (C=O) groups excluding carboxylic acids is 1. The van der Waals surface area contributed by atoms with Crippen LogP contribution >= 0.6 is 35.0 Å². The van der Waals surface area contributed by atoms with Gasteiger partial charge in [0.1, 0.15) is 11.5 Å². The quantitative estimate of drug-likeness (QED) is 0.529. The van der Waals surface area contributed by atoms with E-state index in [1.165, 1.54) is 7.11 Å². The molecular formula is C18H15Cl2N3O4S. The maximum absolute atomic E-state index is 12.1. The van der Waals surface area contributed by atoms with E-state index in [0.717, 1.165) is 11.8 Å². The molecule has 0 radical (unpaired) electrons. The summed E-state index contributed by atoms with van der Waals surface area (Å²) in [6.45, 7) is 0. The SMILES string of the molecule is COc1ccc(-c2nnc(SCC(=O)Nc3cccc(Cl)c3Cl)o2)c(OC)c1. The van der Waals surface area contributed by atoms with Crippen LogP contribution in [0.15, 0.2) is 46.0 Å². The Balaban J connectivity index is 1.65. The molecule has 10 heteroatoms. The first-order chi connectivity index (χ1) is 13.5. The third kappa shape index (κ3) is 4.70. The van der Waals surface area contributed by atoms with Crippen LogP contribution in [-0.4, -0.2) is 36.1 Å². The number of rotatable bonds is 7. The van der Waals surface area contributed by atoms with Crippen LogP contribution in [0, 0.1) is 0 Å². The van der Waals surface area contributed by atoms with E-state index in [9.17, 15) is 4.79 Å². The van der Waals surface area contributed by atoms with Crippen molar-refractivity contribution in [2.75, 3.05) is 25.3 Å². The van der Waals surface area contributed by atoms with Crippen LogP contribution in [0.3, 0.4) is 0 Å². The fourth-order valence-electron chi connectivity index (χ4n) is 2.27. The average molecular weight is 440 g/mol. The minimum atomic E-state index is -0.282. The van der Waals surface area contributed by atoms with Crippen molar-refractivity contribution in [1.29, 1.82) is 0 Å². The zero-order valence-corrected chi connectivity index (χ0v) is 17.2. The zero-order valence-electron chi connectivity index (χ0n) is 14.9. The van der Waals surface area contributed by atoms with Crippen LogP contribution in [0.2, 0.25) is 10.0 Å². The number of nitrogens with one attached hydrogen (secondary N) is 1. The summed E-state index contributed by atoms with van der Waals surface area (Å²) in [7, 11) is 3.10. The normalized spacial score (nSPS) is 10.6. The molecule has 0 atom stereocenters. The van der Waals surface area contributed by atoms with Crippen molar-refractivity contribution in [3.8, 4) is 23.0 Å². The lowest BCUT2D eigenvalue weighted by Crippen LogP contribution is -2.14. The second-order valence-electron chi connectivity index (χ2n) is 5.38. The Morgan fingerprint density at radius 2 is 2.00 bits per heavy atom. The molecule has 0 aliphatic rings. The van der Waals surface area contributed by atoms with Gasteiger partial charge in [-0.1, -0.05) is 41.0 Å². The third-order valence-electron chi connectivity index (χ3n) is 3.60. The van der Waals surface area contributed by atoms with Gasteiger partial charge in [-0.2, -0.15) is 0 Å². The number of anilines is 1. The molecule has 0 spiro atoms. The second kappa shape index (κ2) is 9.18. The molecular weight excluding hydrogens is 425 g/mol. The Bertz CT molecular complexity index is 997. The standard InChI is InChI=1S/C18H15Cl2N3O4S/c1-25-10-6-7-11(14(8-10)26-2)17-22-23-18(27-17)28-9-15(24)21-13-5-3-4-12(19)16(13)20/h3-8H,9H2,1-2H3,(H,21,24). The summed E-state index contributed by atoms with van der Waals surface area (Å²) in [6.07, 6.45) is 0. The molecule has 0 aliphatic carbocycles. The predicted molar refractivity (Wildman–Crippen MR) is 109 cm³/mol. The number of hydrogen-bond acceptors (Lipinski definition) is 7. The molecule has 0 unspecified atom stereocenters. The number of halogens is 2. The van der Waals surface area contributed by atoms with Gasteiger partial charge in [0.05, 0.1) is 41.3 Å². The summed E-state index contributed by atoms with van der Waals surface area (Å²) >= 11 is 13.1. The smallest absolute Gasteiger partial charge is 0.277 e. The Labute approximate surface area is 175 Å². The van der Waals surface area contributed by atoms with E-state index < -0.39 is 0 Å². The first kappa shape index (κ1) is 20.3. The van der Waals surface area contributed by atoms with Gasteiger partial charge in [0.25, 0.3) is 11.1 Å². The van der Waals surface area contributed by atoms with Gasteiger partial charge < -0.3 is 19.2 Å². The number of carbonyl (C=O) groups is 1. The summed E-state index contributed by atoms with van der Waals surface area (Å²) in [5, 5.41) is 11.6. The molecule has 1 aromatic heterocycles. The van der Waals surface area contributed by atoms with E-state index in [0.29, 0.717) is 27.8 Å². The van der Waals surface area contributed by atoms with Gasteiger partial charge in [-0.05, 0) is 24.3 Å². The Kier molecular flexibility index (Phi) is 6.66. The van der Waals surface area contributed by atoms with Crippen molar-refractivity contribution in [2.24, 2.45) is 0 Å². The lowest BCUT2D eigenvalue weighted by atomic mass is 10.2. The van der Waals surface area contributed by atoms with Crippen LogP contribution in [0.5, 0.6) is 11.5 Å². The molecule has 0 saturated heterocycles. The number of aromatic nitrogens is 2. The van der Waals surface area contributed by atoms with E-state index in [1.807, 2.05) is 0 Å². The summed E-state index contributed by atoms with van der Waals surface area (Å²) in [5.41, 5.74) is 1.06. The molecule has 0 saturated carbocycles. The number of ether oxygens (including phenoxy) is 2. The molecule has 1 N–H and O–H groups in total. The van der Waals surface area contributed by atoms with Gasteiger partial charge in [-0.25, -0.2) is 0 Å². The van der Waals surface area contributed by atoms with E-state index in [2.05, 4.69) is 15.5 Å². The Hall–Kier alpha value is -2.42. The van der Waals surface area contributed by atoms with Crippen LogP contribution < -0.4 is 14.8 Å². The van der Waals surface area contributed by atoms with Crippen molar-refractivity contribution in [3.05, 3.63) is 46.4 Å². The Morgan fingerprint density at radius 1 is 1.18 bits per heavy atom. The van der Waals surface area contributed by atoms with Crippen molar-refractivity contribution in [3.63, 3.8) is 0 Å². The topological polar surface area (TPSA) is 86.5 Å². The molecule has 3 rings (SSSR count). The molecule has 28 heavy (non-hydrogen) atoms. The largest absolute Gasteiger partial charge is 0.497 e. The third-order valence-corrected chi connectivity index (χ3v) is 5.24. The molecule has 0 bridgehead atoms. The van der Waals surface area contributed by atoms with E-state index in [-0.39, 0.29) is 27.8 Å².